The molecule has 0 aliphatic heterocycles. The Morgan fingerprint density at radius 3 is 2.00 bits per heavy atom. The molecule has 1 nitrogen and oxygen atoms in total. The number of nitrogens with two attached hydrogens (primary N) is 1. The second kappa shape index (κ2) is 3.43. The van der Waals surface area contributed by atoms with Crippen LogP contribution in [0.1, 0.15) is 27.2 Å². The zero-order valence-corrected chi connectivity index (χ0v) is 7.20. The van der Waals surface area contributed by atoms with Gasteiger partial charge in [0.05, 0.1) is 0 Å². The van der Waals surface area contributed by atoms with Gasteiger partial charge in [-0.25, -0.2) is 0 Å². The molecule has 2 heteroatoms. The largest absolute Gasteiger partial charge is 0.327 e. The molecule has 0 heterocycles. The Balaban J connectivity index is 3.59. The number of hydrogen-bond donors (Lipinski definition) is 1. The van der Waals surface area contributed by atoms with E-state index in [-0.39, 0.29) is 11.5 Å². The standard InChI is InChI=1S/C7H16ClN/c1-7(2,3)6(9)4-5-8/h6H,4-5,9H2,1-3H3. The Labute approximate surface area is 62.6 Å². The molecule has 9 heavy (non-hydrogen) atoms. The summed E-state index contributed by atoms with van der Waals surface area (Å²) in [6.07, 6.45) is 0.908. The maximum absolute atomic E-state index is 5.78. The van der Waals surface area contributed by atoms with E-state index in [0.717, 1.165) is 6.42 Å². The molecule has 1 atom stereocenters. The van der Waals surface area contributed by atoms with Crippen LogP contribution >= 0.6 is 11.6 Å². The van der Waals surface area contributed by atoms with Crippen molar-refractivity contribution in [3.05, 3.63) is 0 Å². The molecular formula is C7H16ClN. The van der Waals surface area contributed by atoms with E-state index in [1.807, 2.05) is 0 Å². The van der Waals surface area contributed by atoms with Gasteiger partial charge in [0.2, 0.25) is 0 Å². The van der Waals surface area contributed by atoms with Crippen LogP contribution in [0.25, 0.3) is 0 Å². The molecule has 0 aromatic carbocycles. The summed E-state index contributed by atoms with van der Waals surface area (Å²) in [5.41, 5.74) is 5.98. The number of rotatable bonds is 2. The summed E-state index contributed by atoms with van der Waals surface area (Å²) in [6, 6.07) is 0.231. The second-order valence-corrected chi connectivity index (χ2v) is 3.83. The Morgan fingerprint density at radius 1 is 1.44 bits per heavy atom. The zero-order valence-electron chi connectivity index (χ0n) is 6.45. The van der Waals surface area contributed by atoms with Crippen molar-refractivity contribution in [2.75, 3.05) is 5.88 Å². The van der Waals surface area contributed by atoms with E-state index in [0.29, 0.717) is 5.88 Å². The van der Waals surface area contributed by atoms with Crippen LogP contribution in [0.3, 0.4) is 0 Å². The van der Waals surface area contributed by atoms with Gasteiger partial charge in [-0.1, -0.05) is 20.8 Å². The minimum atomic E-state index is 0.203. The molecule has 0 aromatic rings. The van der Waals surface area contributed by atoms with Crippen LogP contribution in [0.4, 0.5) is 0 Å². The van der Waals surface area contributed by atoms with Crippen LogP contribution in [-0.2, 0) is 0 Å². The van der Waals surface area contributed by atoms with Gasteiger partial charge in [-0.05, 0) is 11.8 Å². The summed E-state index contributed by atoms with van der Waals surface area (Å²) in [6.45, 7) is 6.39. The topological polar surface area (TPSA) is 26.0 Å². The minimum absolute atomic E-state index is 0.203. The second-order valence-electron chi connectivity index (χ2n) is 3.45. The Kier molecular flexibility index (Phi) is 3.52. The fourth-order valence-electron chi connectivity index (χ4n) is 0.551. The quantitative estimate of drug-likeness (QED) is 0.598. The molecule has 0 rings (SSSR count). The van der Waals surface area contributed by atoms with Gasteiger partial charge >= 0.3 is 0 Å². The molecule has 0 aliphatic carbocycles. The maximum atomic E-state index is 5.78. The Hall–Kier alpha value is 0.250. The molecule has 0 radical (unpaired) electrons. The van der Waals surface area contributed by atoms with Crippen molar-refractivity contribution in [2.24, 2.45) is 11.1 Å². The predicted molar refractivity (Wildman–Crippen MR) is 42.8 cm³/mol. The monoisotopic (exact) mass is 149 g/mol. The van der Waals surface area contributed by atoms with Crippen molar-refractivity contribution in [1.29, 1.82) is 0 Å². The van der Waals surface area contributed by atoms with Crippen LogP contribution in [0.2, 0.25) is 0 Å². The lowest BCUT2D eigenvalue weighted by Gasteiger charge is -2.25. The highest BCUT2D eigenvalue weighted by atomic mass is 35.5. The van der Waals surface area contributed by atoms with E-state index >= 15 is 0 Å². The summed E-state index contributed by atoms with van der Waals surface area (Å²) >= 11 is 5.52. The lowest BCUT2D eigenvalue weighted by molar-refractivity contribution is 0.314. The predicted octanol–water partition coefficient (Wildman–Crippen LogP) is 1.99. The number of hydrogen-bond acceptors (Lipinski definition) is 1. The van der Waals surface area contributed by atoms with Gasteiger partial charge < -0.3 is 5.73 Å². The number of alkyl halides is 1. The van der Waals surface area contributed by atoms with Gasteiger partial charge in [-0.15, -0.1) is 11.6 Å². The first-order valence-corrected chi connectivity index (χ1v) is 3.83. The van der Waals surface area contributed by atoms with E-state index in [2.05, 4.69) is 20.8 Å². The third-order valence-corrected chi connectivity index (χ3v) is 1.75. The fourth-order valence-corrected chi connectivity index (χ4v) is 0.786. The first-order valence-electron chi connectivity index (χ1n) is 3.30. The smallest absolute Gasteiger partial charge is 0.0238 e. The van der Waals surface area contributed by atoms with Crippen molar-refractivity contribution in [3.63, 3.8) is 0 Å². The highest BCUT2D eigenvalue weighted by Gasteiger charge is 2.18. The molecule has 0 aliphatic rings. The molecule has 0 aromatic heterocycles. The summed E-state index contributed by atoms with van der Waals surface area (Å²) in [5.74, 6) is 0.665. The highest BCUT2D eigenvalue weighted by Crippen LogP contribution is 2.19. The van der Waals surface area contributed by atoms with Gasteiger partial charge in [-0.2, -0.15) is 0 Å². The first-order chi connectivity index (χ1) is 3.98. The van der Waals surface area contributed by atoms with Crippen LogP contribution in [0.5, 0.6) is 0 Å². The van der Waals surface area contributed by atoms with Crippen LogP contribution in [0.15, 0.2) is 0 Å². The van der Waals surface area contributed by atoms with E-state index in [1.165, 1.54) is 0 Å². The van der Waals surface area contributed by atoms with Gasteiger partial charge in [-0.3, -0.25) is 0 Å². The molecule has 0 spiro atoms. The van der Waals surface area contributed by atoms with Gasteiger partial charge in [0, 0.05) is 11.9 Å². The van der Waals surface area contributed by atoms with E-state index in [1.54, 1.807) is 0 Å². The van der Waals surface area contributed by atoms with Crippen LogP contribution in [0, 0.1) is 5.41 Å². The minimum Gasteiger partial charge on any atom is -0.327 e. The van der Waals surface area contributed by atoms with Crippen LogP contribution in [-0.4, -0.2) is 11.9 Å². The molecule has 56 valence electrons. The average molecular weight is 150 g/mol. The summed E-state index contributed by atoms with van der Waals surface area (Å²) in [7, 11) is 0. The highest BCUT2D eigenvalue weighted by molar-refractivity contribution is 6.17. The van der Waals surface area contributed by atoms with Crippen molar-refractivity contribution < 1.29 is 0 Å². The summed E-state index contributed by atoms with van der Waals surface area (Å²) in [4.78, 5) is 0. The Bertz CT molecular complexity index is 75.5. The average Bonchev–Trinajstić information content (AvgIpc) is 1.64. The van der Waals surface area contributed by atoms with Crippen molar-refractivity contribution in [1.82, 2.24) is 0 Å². The Morgan fingerprint density at radius 2 is 1.89 bits per heavy atom. The van der Waals surface area contributed by atoms with Gasteiger partial charge in [0.15, 0.2) is 0 Å². The van der Waals surface area contributed by atoms with E-state index in [4.69, 9.17) is 17.3 Å². The van der Waals surface area contributed by atoms with Crippen molar-refractivity contribution >= 4 is 11.6 Å². The molecule has 0 bridgehead atoms. The molecule has 1 unspecified atom stereocenters. The van der Waals surface area contributed by atoms with Gasteiger partial charge in [0.1, 0.15) is 0 Å². The van der Waals surface area contributed by atoms with E-state index in [9.17, 15) is 0 Å². The van der Waals surface area contributed by atoms with Crippen LogP contribution < -0.4 is 5.73 Å². The third-order valence-electron chi connectivity index (χ3n) is 1.53. The molecule has 0 fully saturated rings. The molecule has 0 amide bonds. The van der Waals surface area contributed by atoms with Gasteiger partial charge in [0.25, 0.3) is 0 Å². The van der Waals surface area contributed by atoms with Crippen molar-refractivity contribution in [3.8, 4) is 0 Å². The lowest BCUT2D eigenvalue weighted by atomic mass is 9.86. The maximum Gasteiger partial charge on any atom is 0.0238 e. The third kappa shape index (κ3) is 3.77. The SMILES string of the molecule is CC(C)(C)C(N)CCCl. The molecule has 0 saturated heterocycles. The summed E-state index contributed by atoms with van der Waals surface area (Å²) in [5, 5.41) is 0. The molecule has 0 saturated carbocycles. The zero-order chi connectivity index (χ0) is 7.49. The fraction of sp³-hybridized carbons (Fsp3) is 1.00. The summed E-state index contributed by atoms with van der Waals surface area (Å²) < 4.78 is 0. The van der Waals surface area contributed by atoms with Crippen molar-refractivity contribution in [2.45, 2.75) is 33.2 Å². The number of halogens is 1. The normalized spacial score (nSPS) is 15.7. The first kappa shape index (κ1) is 9.25. The lowest BCUT2D eigenvalue weighted by Crippen LogP contribution is -2.35. The molecule has 2 N–H and O–H groups in total. The molecular weight excluding hydrogens is 134 g/mol. The van der Waals surface area contributed by atoms with E-state index < -0.39 is 0 Å².